The number of carbonyl (C=O) groups is 1. The molecule has 0 atom stereocenters. The number of anilines is 1. The van der Waals surface area contributed by atoms with Gasteiger partial charge in [0, 0.05) is 5.69 Å². The first-order valence-electron chi connectivity index (χ1n) is 9.31. The lowest BCUT2D eigenvalue weighted by Gasteiger charge is -2.13. The number of hydrogen-bond donors (Lipinski definition) is 2. The molecule has 6 nitrogen and oxygen atoms in total. The van der Waals surface area contributed by atoms with E-state index in [4.69, 9.17) is 9.47 Å². The smallest absolute Gasteiger partial charge is 0.259 e. The van der Waals surface area contributed by atoms with Crippen LogP contribution in [0.3, 0.4) is 0 Å². The van der Waals surface area contributed by atoms with Gasteiger partial charge in [-0.25, -0.2) is 5.43 Å². The van der Waals surface area contributed by atoms with Gasteiger partial charge < -0.3 is 14.8 Å². The first kappa shape index (κ1) is 21.4. The van der Waals surface area contributed by atoms with Gasteiger partial charge in [-0.05, 0) is 51.3 Å². The van der Waals surface area contributed by atoms with Crippen LogP contribution in [0.25, 0.3) is 0 Å². The van der Waals surface area contributed by atoms with Crippen LogP contribution < -0.4 is 20.2 Å². The van der Waals surface area contributed by atoms with Gasteiger partial charge in [0.25, 0.3) is 5.91 Å². The maximum Gasteiger partial charge on any atom is 0.259 e. The summed E-state index contributed by atoms with van der Waals surface area (Å²) in [5, 5.41) is 7.04. The molecule has 0 radical (unpaired) electrons. The van der Waals surface area contributed by atoms with E-state index in [1.807, 2.05) is 66.7 Å². The molecular weight excluding hydrogens is 446 g/mol. The van der Waals surface area contributed by atoms with Crippen LogP contribution in [0.15, 0.2) is 82.4 Å². The van der Waals surface area contributed by atoms with Crippen LogP contribution in [0.2, 0.25) is 0 Å². The van der Waals surface area contributed by atoms with E-state index in [0.717, 1.165) is 21.3 Å². The van der Waals surface area contributed by atoms with Crippen LogP contribution in [0.4, 0.5) is 5.69 Å². The number of ether oxygens (including phenoxy) is 2. The molecule has 0 aliphatic heterocycles. The number of amides is 1. The van der Waals surface area contributed by atoms with E-state index in [0.29, 0.717) is 18.1 Å². The van der Waals surface area contributed by atoms with Gasteiger partial charge in [-0.3, -0.25) is 4.79 Å². The fraction of sp³-hybridized carbons (Fsp3) is 0.130. The molecule has 0 aliphatic carbocycles. The first-order chi connectivity index (χ1) is 14.7. The minimum Gasteiger partial charge on any atom is -0.493 e. The van der Waals surface area contributed by atoms with Crippen molar-refractivity contribution in [3.8, 4) is 11.5 Å². The summed E-state index contributed by atoms with van der Waals surface area (Å²) in [7, 11) is 1.58. The third kappa shape index (κ3) is 6.35. The molecule has 30 heavy (non-hydrogen) atoms. The molecule has 1 amide bonds. The highest BCUT2D eigenvalue weighted by Gasteiger charge is 2.11. The number of para-hydroxylation sites is 1. The maximum atomic E-state index is 11.9. The Morgan fingerprint density at radius 3 is 2.47 bits per heavy atom. The summed E-state index contributed by atoms with van der Waals surface area (Å²) >= 11 is 3.52. The maximum absolute atomic E-state index is 11.9. The summed E-state index contributed by atoms with van der Waals surface area (Å²) in [5.41, 5.74) is 5.18. The number of methoxy groups -OCH3 is 1. The molecule has 2 N–H and O–H groups in total. The molecule has 7 heteroatoms. The molecule has 3 rings (SSSR count). The third-order valence-electron chi connectivity index (χ3n) is 4.11. The van der Waals surface area contributed by atoms with Gasteiger partial charge in [0.05, 0.1) is 24.3 Å². The second-order valence-corrected chi connectivity index (χ2v) is 7.18. The first-order valence-corrected chi connectivity index (χ1v) is 10.1. The highest BCUT2D eigenvalue weighted by Crippen LogP contribution is 2.36. The average molecular weight is 468 g/mol. The van der Waals surface area contributed by atoms with Crippen molar-refractivity contribution in [3.63, 3.8) is 0 Å². The average Bonchev–Trinajstić information content (AvgIpc) is 2.78. The normalized spacial score (nSPS) is 10.6. The molecule has 0 bridgehead atoms. The van der Waals surface area contributed by atoms with Crippen molar-refractivity contribution in [1.82, 2.24) is 5.43 Å². The number of nitrogens with one attached hydrogen (secondary N) is 2. The minimum absolute atomic E-state index is 0.126. The second-order valence-electron chi connectivity index (χ2n) is 6.32. The van der Waals surface area contributed by atoms with Crippen LogP contribution in [-0.2, 0) is 11.4 Å². The second kappa shape index (κ2) is 11.0. The lowest BCUT2D eigenvalue weighted by molar-refractivity contribution is -0.119. The molecule has 0 saturated heterocycles. The Hall–Kier alpha value is -3.32. The molecule has 0 fully saturated rings. The minimum atomic E-state index is -0.246. The zero-order chi connectivity index (χ0) is 21.2. The number of carbonyl (C=O) groups excluding carboxylic acids is 1. The highest BCUT2D eigenvalue weighted by atomic mass is 79.9. The zero-order valence-corrected chi connectivity index (χ0v) is 18.1. The van der Waals surface area contributed by atoms with Crippen molar-refractivity contribution < 1.29 is 14.3 Å². The van der Waals surface area contributed by atoms with Crippen LogP contribution >= 0.6 is 15.9 Å². The third-order valence-corrected chi connectivity index (χ3v) is 4.70. The zero-order valence-electron chi connectivity index (χ0n) is 16.5. The molecule has 0 aliphatic rings. The molecule has 0 heterocycles. The van der Waals surface area contributed by atoms with Crippen LogP contribution in [0.5, 0.6) is 11.5 Å². The van der Waals surface area contributed by atoms with Crippen LogP contribution in [-0.4, -0.2) is 25.8 Å². The van der Waals surface area contributed by atoms with E-state index in [1.165, 1.54) is 0 Å². The molecule has 0 saturated carbocycles. The summed E-state index contributed by atoms with van der Waals surface area (Å²) in [6.45, 7) is 0.550. The van der Waals surface area contributed by atoms with Crippen molar-refractivity contribution in [2.45, 2.75) is 6.61 Å². The van der Waals surface area contributed by atoms with Crippen molar-refractivity contribution in [2.24, 2.45) is 5.10 Å². The van der Waals surface area contributed by atoms with Gasteiger partial charge in [0.15, 0.2) is 11.5 Å². The van der Waals surface area contributed by atoms with E-state index >= 15 is 0 Å². The molecule has 154 valence electrons. The number of halogens is 1. The Morgan fingerprint density at radius 2 is 1.77 bits per heavy atom. The van der Waals surface area contributed by atoms with Crippen LogP contribution in [0.1, 0.15) is 11.1 Å². The largest absolute Gasteiger partial charge is 0.493 e. The predicted molar refractivity (Wildman–Crippen MR) is 122 cm³/mol. The van der Waals surface area contributed by atoms with Gasteiger partial charge in [-0.15, -0.1) is 0 Å². The Balaban J connectivity index is 1.57. The Bertz CT molecular complexity index is 995. The summed E-state index contributed by atoms with van der Waals surface area (Å²) < 4.78 is 12.1. The van der Waals surface area contributed by atoms with Crippen molar-refractivity contribution >= 4 is 33.7 Å². The summed E-state index contributed by atoms with van der Waals surface area (Å²) in [6, 6.07) is 23.0. The van der Waals surface area contributed by atoms with Gasteiger partial charge >= 0.3 is 0 Å². The Labute approximate surface area is 184 Å². The Morgan fingerprint density at radius 1 is 1.07 bits per heavy atom. The number of rotatable bonds is 9. The van der Waals surface area contributed by atoms with E-state index in [1.54, 1.807) is 19.4 Å². The van der Waals surface area contributed by atoms with E-state index in [9.17, 15) is 4.79 Å². The molecule has 0 unspecified atom stereocenters. The molecular formula is C23H22BrN3O3. The molecule has 3 aromatic rings. The summed E-state index contributed by atoms with van der Waals surface area (Å²) in [4.78, 5) is 11.9. The molecule has 0 aromatic heterocycles. The van der Waals surface area contributed by atoms with Crippen LogP contribution in [0, 0.1) is 0 Å². The number of hydrogen-bond acceptors (Lipinski definition) is 5. The molecule has 0 spiro atoms. The van der Waals surface area contributed by atoms with Crippen molar-refractivity contribution in [3.05, 3.63) is 88.4 Å². The fourth-order valence-electron chi connectivity index (χ4n) is 2.64. The lowest BCUT2D eigenvalue weighted by atomic mass is 10.2. The number of benzene rings is 3. The van der Waals surface area contributed by atoms with Gasteiger partial charge in [-0.2, -0.15) is 5.10 Å². The van der Waals surface area contributed by atoms with Gasteiger partial charge in [-0.1, -0.05) is 48.5 Å². The summed E-state index contributed by atoms with van der Waals surface area (Å²) in [5.74, 6) is 0.928. The van der Waals surface area contributed by atoms with Gasteiger partial charge in [0.2, 0.25) is 0 Å². The number of hydrazone groups is 1. The summed E-state index contributed by atoms with van der Waals surface area (Å²) in [6.07, 6.45) is 1.55. The van der Waals surface area contributed by atoms with E-state index in [-0.39, 0.29) is 12.5 Å². The monoisotopic (exact) mass is 467 g/mol. The van der Waals surface area contributed by atoms with E-state index < -0.39 is 0 Å². The van der Waals surface area contributed by atoms with Gasteiger partial charge in [0.1, 0.15) is 6.61 Å². The van der Waals surface area contributed by atoms with E-state index in [2.05, 4.69) is 31.8 Å². The topological polar surface area (TPSA) is 72.0 Å². The SMILES string of the molecule is COc1cc(/C=N\NC(=O)CNc2ccccc2)cc(Br)c1OCc1ccccc1. The number of nitrogens with zero attached hydrogens (tertiary/aromatic N) is 1. The Kier molecular flexibility index (Phi) is 7.86. The standard InChI is InChI=1S/C23H22BrN3O3/c1-29-21-13-18(12-20(24)23(21)30-16-17-8-4-2-5-9-17)14-26-27-22(28)15-25-19-10-6-3-7-11-19/h2-14,25H,15-16H2,1H3,(H,27,28)/b26-14-. The fourth-order valence-corrected chi connectivity index (χ4v) is 3.21. The highest BCUT2D eigenvalue weighted by molar-refractivity contribution is 9.10. The lowest BCUT2D eigenvalue weighted by Crippen LogP contribution is -2.25. The quantitative estimate of drug-likeness (QED) is 0.356. The van der Waals surface area contributed by atoms with Crippen molar-refractivity contribution in [2.75, 3.05) is 19.0 Å². The predicted octanol–water partition coefficient (Wildman–Crippen LogP) is 4.60. The van der Waals surface area contributed by atoms with Crippen molar-refractivity contribution in [1.29, 1.82) is 0 Å². The molecule has 3 aromatic carbocycles.